The van der Waals surface area contributed by atoms with Crippen molar-refractivity contribution in [2.75, 3.05) is 18.5 Å². The second-order valence-corrected chi connectivity index (χ2v) is 7.19. The number of anilines is 1. The molecule has 0 saturated carbocycles. The van der Waals surface area contributed by atoms with Gasteiger partial charge in [-0.3, -0.25) is 4.79 Å². The number of nitrogens with one attached hydrogen (secondary N) is 1. The molecule has 2 aliphatic heterocycles. The van der Waals surface area contributed by atoms with Gasteiger partial charge in [-0.15, -0.1) is 0 Å². The third kappa shape index (κ3) is 3.48. The molecular formula is C24H19NO5. The van der Waals surface area contributed by atoms with Crippen molar-refractivity contribution in [2.24, 2.45) is 0 Å². The first-order valence-electron chi connectivity index (χ1n) is 9.77. The lowest BCUT2D eigenvalue weighted by Gasteiger charge is -2.25. The van der Waals surface area contributed by atoms with Crippen LogP contribution in [0, 0.1) is 0 Å². The van der Waals surface area contributed by atoms with E-state index in [2.05, 4.69) is 5.32 Å². The number of carbonyl (C=O) groups excluding carboxylic acids is 2. The van der Waals surface area contributed by atoms with Crippen molar-refractivity contribution in [1.29, 1.82) is 0 Å². The van der Waals surface area contributed by atoms with Crippen LogP contribution in [-0.2, 0) is 11.2 Å². The fraction of sp³-hybridized carbons (Fsp3) is 0.167. The van der Waals surface area contributed by atoms with Crippen molar-refractivity contribution in [3.05, 3.63) is 89.0 Å². The zero-order valence-electron chi connectivity index (χ0n) is 16.1. The highest BCUT2D eigenvalue weighted by molar-refractivity contribution is 6.05. The van der Waals surface area contributed by atoms with Crippen molar-refractivity contribution < 1.29 is 23.8 Å². The number of esters is 1. The summed E-state index contributed by atoms with van der Waals surface area (Å²) in [5.41, 5.74) is 3.32. The van der Waals surface area contributed by atoms with Crippen molar-refractivity contribution in [3.63, 3.8) is 0 Å². The highest BCUT2D eigenvalue weighted by Crippen LogP contribution is 2.33. The minimum Gasteiger partial charge on any atom is -0.486 e. The van der Waals surface area contributed by atoms with Gasteiger partial charge in [0.15, 0.2) is 11.5 Å². The maximum absolute atomic E-state index is 12.8. The molecule has 1 atom stereocenters. The number of ether oxygens (including phenoxy) is 3. The molecule has 0 aromatic heterocycles. The second kappa shape index (κ2) is 7.55. The quantitative estimate of drug-likeness (QED) is 0.667. The second-order valence-electron chi connectivity index (χ2n) is 7.19. The molecule has 150 valence electrons. The Morgan fingerprint density at radius 3 is 2.53 bits per heavy atom. The lowest BCUT2D eigenvalue weighted by atomic mass is 9.93. The lowest BCUT2D eigenvalue weighted by Crippen LogP contribution is -2.23. The maximum Gasteiger partial charge on any atom is 0.339 e. The standard InChI is InChI=1S/C24H19NO5/c26-23(25-18-7-9-20-22(14-18)29-11-10-28-20)16-6-8-19-17(12-16)13-21(30-24(19)27)15-4-2-1-3-5-15/h1-9,12,14,21H,10-11,13H2,(H,25,26). The van der Waals surface area contributed by atoms with Crippen LogP contribution in [0.4, 0.5) is 5.69 Å². The van der Waals surface area contributed by atoms with Crippen LogP contribution >= 0.6 is 0 Å². The van der Waals surface area contributed by atoms with Gasteiger partial charge in [0.25, 0.3) is 5.91 Å². The first-order valence-corrected chi connectivity index (χ1v) is 9.77. The molecule has 1 unspecified atom stereocenters. The van der Waals surface area contributed by atoms with Crippen LogP contribution in [0.5, 0.6) is 11.5 Å². The molecule has 0 saturated heterocycles. The van der Waals surface area contributed by atoms with Gasteiger partial charge in [0, 0.05) is 23.7 Å². The third-order valence-corrected chi connectivity index (χ3v) is 5.21. The van der Waals surface area contributed by atoms with E-state index in [4.69, 9.17) is 14.2 Å². The number of fused-ring (bicyclic) bond motifs is 2. The molecule has 6 nitrogen and oxygen atoms in total. The highest BCUT2D eigenvalue weighted by Gasteiger charge is 2.28. The molecule has 6 heteroatoms. The Balaban J connectivity index is 1.37. The molecular weight excluding hydrogens is 382 g/mol. The molecule has 3 aromatic rings. The summed E-state index contributed by atoms with van der Waals surface area (Å²) in [5.74, 6) is 0.644. The molecule has 1 amide bonds. The number of benzene rings is 3. The van der Waals surface area contributed by atoms with E-state index in [1.165, 1.54) is 0 Å². The first-order chi connectivity index (χ1) is 14.7. The summed E-state index contributed by atoms with van der Waals surface area (Å²) in [6, 6.07) is 19.9. The number of amides is 1. The number of cyclic esters (lactones) is 1. The van der Waals surface area contributed by atoms with Gasteiger partial charge >= 0.3 is 5.97 Å². The van der Waals surface area contributed by atoms with Gasteiger partial charge in [0.1, 0.15) is 19.3 Å². The van der Waals surface area contributed by atoms with Gasteiger partial charge < -0.3 is 19.5 Å². The molecule has 5 rings (SSSR count). The predicted octanol–water partition coefficient (Wildman–Crippen LogP) is 4.16. The van der Waals surface area contributed by atoms with Crippen LogP contribution in [0.15, 0.2) is 66.7 Å². The molecule has 3 aromatic carbocycles. The minimum atomic E-state index is -0.371. The van der Waals surface area contributed by atoms with Gasteiger partial charge in [-0.1, -0.05) is 30.3 Å². The Hall–Kier alpha value is -3.80. The summed E-state index contributed by atoms with van der Waals surface area (Å²) >= 11 is 0. The Morgan fingerprint density at radius 1 is 0.900 bits per heavy atom. The van der Waals surface area contributed by atoms with E-state index >= 15 is 0 Å². The van der Waals surface area contributed by atoms with Crippen LogP contribution in [0.2, 0.25) is 0 Å². The van der Waals surface area contributed by atoms with Crippen molar-refractivity contribution >= 4 is 17.6 Å². The molecule has 2 aliphatic rings. The highest BCUT2D eigenvalue weighted by atomic mass is 16.6. The number of hydrogen-bond acceptors (Lipinski definition) is 5. The summed E-state index contributed by atoms with van der Waals surface area (Å²) in [5, 5.41) is 2.88. The Morgan fingerprint density at radius 2 is 1.70 bits per heavy atom. The van der Waals surface area contributed by atoms with Crippen LogP contribution in [-0.4, -0.2) is 25.1 Å². The maximum atomic E-state index is 12.8. The van der Waals surface area contributed by atoms with E-state index in [-0.39, 0.29) is 18.0 Å². The average Bonchev–Trinajstić information content (AvgIpc) is 2.79. The van der Waals surface area contributed by atoms with Crippen LogP contribution in [0.3, 0.4) is 0 Å². The topological polar surface area (TPSA) is 73.9 Å². The average molecular weight is 401 g/mol. The van der Waals surface area contributed by atoms with E-state index in [9.17, 15) is 9.59 Å². The van der Waals surface area contributed by atoms with Gasteiger partial charge in [0.2, 0.25) is 0 Å². The SMILES string of the molecule is O=C(Nc1ccc2c(c1)OCCO2)c1ccc2c(c1)CC(c1ccccc1)OC2=O. The summed E-state index contributed by atoms with van der Waals surface area (Å²) in [7, 11) is 0. The van der Waals surface area contributed by atoms with E-state index in [0.29, 0.717) is 47.9 Å². The molecule has 0 bridgehead atoms. The molecule has 0 spiro atoms. The van der Waals surface area contributed by atoms with Crippen molar-refractivity contribution in [3.8, 4) is 11.5 Å². The van der Waals surface area contributed by atoms with Gasteiger partial charge in [-0.25, -0.2) is 4.79 Å². The van der Waals surface area contributed by atoms with Crippen LogP contribution < -0.4 is 14.8 Å². The minimum absolute atomic E-state index is 0.260. The van der Waals surface area contributed by atoms with Crippen molar-refractivity contribution in [2.45, 2.75) is 12.5 Å². The fourth-order valence-electron chi connectivity index (χ4n) is 3.72. The molecule has 30 heavy (non-hydrogen) atoms. The van der Waals surface area contributed by atoms with Crippen molar-refractivity contribution in [1.82, 2.24) is 0 Å². The Labute approximate surface area is 173 Å². The summed E-state index contributed by atoms with van der Waals surface area (Å²) in [4.78, 5) is 25.2. The van der Waals surface area contributed by atoms with Crippen LogP contribution in [0.1, 0.15) is 37.9 Å². The zero-order chi connectivity index (χ0) is 20.5. The summed E-state index contributed by atoms with van der Waals surface area (Å²) in [6.45, 7) is 0.994. The Kier molecular flexibility index (Phi) is 4.59. The van der Waals surface area contributed by atoms with E-state index < -0.39 is 0 Å². The largest absolute Gasteiger partial charge is 0.486 e. The fourth-order valence-corrected chi connectivity index (χ4v) is 3.72. The zero-order valence-corrected chi connectivity index (χ0v) is 16.1. The van der Waals surface area contributed by atoms with Gasteiger partial charge in [-0.05, 0) is 41.5 Å². The lowest BCUT2D eigenvalue weighted by molar-refractivity contribution is 0.0252. The van der Waals surface area contributed by atoms with Gasteiger partial charge in [0.05, 0.1) is 5.56 Å². The van der Waals surface area contributed by atoms with Gasteiger partial charge in [-0.2, -0.15) is 0 Å². The molecule has 0 aliphatic carbocycles. The molecule has 0 radical (unpaired) electrons. The van der Waals surface area contributed by atoms with Crippen LogP contribution in [0.25, 0.3) is 0 Å². The third-order valence-electron chi connectivity index (χ3n) is 5.21. The first kappa shape index (κ1) is 18.2. The normalized spacial score (nSPS) is 16.9. The van der Waals surface area contributed by atoms with E-state index in [1.807, 2.05) is 30.3 Å². The summed E-state index contributed by atoms with van der Waals surface area (Å²) < 4.78 is 16.7. The van der Waals surface area contributed by atoms with E-state index in [1.54, 1.807) is 36.4 Å². The van der Waals surface area contributed by atoms with E-state index in [0.717, 1.165) is 11.1 Å². The molecule has 1 N–H and O–H groups in total. The smallest absolute Gasteiger partial charge is 0.339 e. The number of hydrogen-bond donors (Lipinski definition) is 1. The molecule has 0 fully saturated rings. The number of rotatable bonds is 3. The molecule has 2 heterocycles. The predicted molar refractivity (Wildman–Crippen MR) is 110 cm³/mol. The summed E-state index contributed by atoms with van der Waals surface area (Å²) in [6.07, 6.45) is 0.165. The number of carbonyl (C=O) groups is 2. The monoisotopic (exact) mass is 401 g/mol. The Bertz CT molecular complexity index is 1130.